The van der Waals surface area contributed by atoms with Crippen LogP contribution in [-0.2, 0) is 10.0 Å². The number of rotatable bonds is 5. The van der Waals surface area contributed by atoms with E-state index in [4.69, 9.17) is 9.56 Å². The van der Waals surface area contributed by atoms with E-state index in [1.54, 1.807) is 12.1 Å². The highest BCUT2D eigenvalue weighted by molar-refractivity contribution is 7.89. The van der Waals surface area contributed by atoms with Crippen LogP contribution in [0.3, 0.4) is 0 Å². The number of nitrogens with one attached hydrogen (secondary N) is 2. The van der Waals surface area contributed by atoms with Crippen LogP contribution in [0.2, 0.25) is 0 Å². The van der Waals surface area contributed by atoms with Crippen molar-refractivity contribution in [2.24, 2.45) is 11.1 Å². The number of benzene rings is 2. The third kappa shape index (κ3) is 3.58. The number of aromatic amines is 1. The molecular formula is C20H21FN4O3S. The number of imidazole rings is 1. The Kier molecular flexibility index (Phi) is 4.59. The molecule has 0 aliphatic carbocycles. The molecule has 0 fully saturated rings. The number of halogens is 1. The van der Waals surface area contributed by atoms with E-state index >= 15 is 0 Å². The van der Waals surface area contributed by atoms with Crippen molar-refractivity contribution in [2.45, 2.75) is 31.7 Å². The second-order valence-corrected chi connectivity index (χ2v) is 8.97. The van der Waals surface area contributed by atoms with Gasteiger partial charge in [-0.15, -0.1) is 0 Å². The van der Waals surface area contributed by atoms with Gasteiger partial charge in [0.25, 0.3) is 0 Å². The molecule has 0 aliphatic rings. The summed E-state index contributed by atoms with van der Waals surface area (Å²) < 4.78 is 42.8. The van der Waals surface area contributed by atoms with Gasteiger partial charge >= 0.3 is 0 Å². The Hall–Kier alpha value is -2.91. The molecule has 7 nitrogen and oxygen atoms in total. The SMILES string of the molecule is Cc1c(C(Nc2nc3ccc(S(N)(=O)=O)cc3[nH]2)C(C)C)oc2ccc(F)cc12. The summed E-state index contributed by atoms with van der Waals surface area (Å²) in [5.41, 5.74) is 2.63. The van der Waals surface area contributed by atoms with Gasteiger partial charge in [-0.1, -0.05) is 13.8 Å². The average molecular weight is 416 g/mol. The molecule has 29 heavy (non-hydrogen) atoms. The first-order valence-corrected chi connectivity index (χ1v) is 10.7. The minimum absolute atomic E-state index is 0.00997. The highest BCUT2D eigenvalue weighted by Crippen LogP contribution is 2.35. The molecule has 2 aromatic carbocycles. The van der Waals surface area contributed by atoms with Gasteiger partial charge in [-0.25, -0.2) is 22.9 Å². The number of hydrogen-bond acceptors (Lipinski definition) is 5. The molecular weight excluding hydrogens is 395 g/mol. The minimum atomic E-state index is -3.80. The molecule has 4 aromatic rings. The summed E-state index contributed by atoms with van der Waals surface area (Å²) in [4.78, 5) is 7.57. The Labute approximate surface area is 167 Å². The second kappa shape index (κ2) is 6.85. The molecule has 2 aromatic heterocycles. The maximum atomic E-state index is 13.6. The Bertz CT molecular complexity index is 1320. The van der Waals surface area contributed by atoms with Crippen LogP contribution in [0.5, 0.6) is 0 Å². The highest BCUT2D eigenvalue weighted by atomic mass is 32.2. The van der Waals surface area contributed by atoms with Crippen molar-refractivity contribution < 1.29 is 17.2 Å². The zero-order valence-electron chi connectivity index (χ0n) is 16.2. The number of sulfonamides is 1. The third-order valence-electron chi connectivity index (χ3n) is 4.96. The number of nitrogens with two attached hydrogens (primary N) is 1. The fourth-order valence-electron chi connectivity index (χ4n) is 3.43. The van der Waals surface area contributed by atoms with Crippen LogP contribution in [0.15, 0.2) is 45.7 Å². The molecule has 0 aliphatic heterocycles. The molecule has 2 heterocycles. The third-order valence-corrected chi connectivity index (χ3v) is 5.87. The summed E-state index contributed by atoms with van der Waals surface area (Å²) >= 11 is 0. The molecule has 1 atom stereocenters. The summed E-state index contributed by atoms with van der Waals surface area (Å²) in [5, 5.41) is 9.25. The van der Waals surface area contributed by atoms with Crippen LogP contribution in [0.25, 0.3) is 22.0 Å². The Morgan fingerprint density at radius 1 is 1.21 bits per heavy atom. The lowest BCUT2D eigenvalue weighted by atomic mass is 9.98. The number of H-pyrrole nitrogens is 1. The number of aromatic nitrogens is 2. The molecule has 0 spiro atoms. The number of nitrogens with zero attached hydrogens (tertiary/aromatic N) is 1. The van der Waals surface area contributed by atoms with E-state index in [9.17, 15) is 12.8 Å². The molecule has 0 saturated carbocycles. The Balaban J connectivity index is 1.73. The number of anilines is 1. The summed E-state index contributed by atoms with van der Waals surface area (Å²) in [5.74, 6) is 0.986. The first-order valence-electron chi connectivity index (χ1n) is 9.11. The fraction of sp³-hybridized carbons (Fsp3) is 0.250. The largest absolute Gasteiger partial charge is 0.459 e. The van der Waals surface area contributed by atoms with Crippen molar-refractivity contribution in [1.82, 2.24) is 9.97 Å². The maximum Gasteiger partial charge on any atom is 0.238 e. The Morgan fingerprint density at radius 2 is 1.97 bits per heavy atom. The molecule has 4 rings (SSSR count). The van der Waals surface area contributed by atoms with Gasteiger partial charge in [0.1, 0.15) is 17.2 Å². The smallest absolute Gasteiger partial charge is 0.238 e. The van der Waals surface area contributed by atoms with E-state index in [0.717, 1.165) is 10.9 Å². The molecule has 9 heteroatoms. The summed E-state index contributed by atoms with van der Waals surface area (Å²) in [6.07, 6.45) is 0. The van der Waals surface area contributed by atoms with Crippen molar-refractivity contribution in [3.63, 3.8) is 0 Å². The molecule has 0 radical (unpaired) electrons. The van der Waals surface area contributed by atoms with Crippen LogP contribution in [0.1, 0.15) is 31.2 Å². The van der Waals surface area contributed by atoms with Crippen molar-refractivity contribution in [1.29, 1.82) is 0 Å². The number of hydrogen-bond donors (Lipinski definition) is 3. The van der Waals surface area contributed by atoms with Gasteiger partial charge in [-0.05, 0) is 49.2 Å². The number of fused-ring (bicyclic) bond motifs is 2. The van der Waals surface area contributed by atoms with Crippen LogP contribution in [0.4, 0.5) is 10.3 Å². The van der Waals surface area contributed by atoms with Crippen molar-refractivity contribution in [2.75, 3.05) is 5.32 Å². The predicted octanol–water partition coefficient (Wildman–Crippen LogP) is 4.21. The number of aryl methyl sites for hydroxylation is 1. The molecule has 0 amide bonds. The highest BCUT2D eigenvalue weighted by Gasteiger charge is 2.25. The summed E-state index contributed by atoms with van der Waals surface area (Å²) in [6.45, 7) is 5.97. The van der Waals surface area contributed by atoms with Gasteiger partial charge in [-0.2, -0.15) is 0 Å². The average Bonchev–Trinajstić information content (AvgIpc) is 3.19. The van der Waals surface area contributed by atoms with Gasteiger partial charge in [0.15, 0.2) is 0 Å². The normalized spacial score (nSPS) is 13.4. The van der Waals surface area contributed by atoms with Crippen molar-refractivity contribution in [3.8, 4) is 0 Å². The summed E-state index contributed by atoms with van der Waals surface area (Å²) in [7, 11) is -3.80. The molecule has 152 valence electrons. The maximum absolute atomic E-state index is 13.6. The van der Waals surface area contributed by atoms with E-state index in [1.807, 2.05) is 20.8 Å². The van der Waals surface area contributed by atoms with E-state index in [0.29, 0.717) is 28.3 Å². The van der Waals surface area contributed by atoms with E-state index in [2.05, 4.69) is 15.3 Å². The van der Waals surface area contributed by atoms with Crippen LogP contribution >= 0.6 is 0 Å². The van der Waals surface area contributed by atoms with Crippen LogP contribution < -0.4 is 10.5 Å². The van der Waals surface area contributed by atoms with Gasteiger partial charge in [0.2, 0.25) is 16.0 Å². The topological polar surface area (TPSA) is 114 Å². The fourth-order valence-corrected chi connectivity index (χ4v) is 3.96. The quantitative estimate of drug-likeness (QED) is 0.451. The Morgan fingerprint density at radius 3 is 2.66 bits per heavy atom. The lowest BCUT2D eigenvalue weighted by Gasteiger charge is -2.20. The van der Waals surface area contributed by atoms with Crippen LogP contribution in [-0.4, -0.2) is 18.4 Å². The van der Waals surface area contributed by atoms with E-state index in [1.165, 1.54) is 24.3 Å². The summed E-state index contributed by atoms with van der Waals surface area (Å²) in [6, 6.07) is 8.68. The second-order valence-electron chi connectivity index (χ2n) is 7.41. The first-order chi connectivity index (χ1) is 13.6. The van der Waals surface area contributed by atoms with E-state index in [-0.39, 0.29) is 22.7 Å². The predicted molar refractivity (Wildman–Crippen MR) is 110 cm³/mol. The van der Waals surface area contributed by atoms with Gasteiger partial charge in [-0.3, -0.25) is 0 Å². The molecule has 1 unspecified atom stereocenters. The van der Waals surface area contributed by atoms with Crippen molar-refractivity contribution in [3.05, 3.63) is 53.5 Å². The minimum Gasteiger partial charge on any atom is -0.459 e. The van der Waals surface area contributed by atoms with E-state index < -0.39 is 10.0 Å². The molecule has 0 bridgehead atoms. The zero-order valence-corrected chi connectivity index (χ0v) is 17.0. The lowest BCUT2D eigenvalue weighted by Crippen LogP contribution is -2.17. The van der Waals surface area contributed by atoms with Crippen molar-refractivity contribution >= 4 is 38.0 Å². The van der Waals surface area contributed by atoms with Gasteiger partial charge in [0, 0.05) is 10.9 Å². The zero-order chi connectivity index (χ0) is 20.9. The molecule has 0 saturated heterocycles. The van der Waals surface area contributed by atoms with Crippen LogP contribution in [0, 0.1) is 18.7 Å². The molecule has 4 N–H and O–H groups in total. The number of primary sulfonamides is 1. The number of furan rings is 1. The standard InChI is InChI=1S/C20H21FN4O3S/c1-10(2)18(19-11(3)14-8-12(21)4-7-17(14)28-19)25-20-23-15-6-5-13(29(22,26)27)9-16(15)24-20/h4-10,18H,1-3H3,(H2,22,26,27)(H2,23,24,25). The lowest BCUT2D eigenvalue weighted by molar-refractivity contribution is 0.435. The first kappa shape index (κ1) is 19.4. The van der Waals surface area contributed by atoms with Gasteiger partial charge in [0.05, 0.1) is 22.0 Å². The monoisotopic (exact) mass is 416 g/mol. The van der Waals surface area contributed by atoms with Gasteiger partial charge < -0.3 is 14.7 Å².